The van der Waals surface area contributed by atoms with Crippen molar-refractivity contribution in [3.05, 3.63) is 75.5 Å². The minimum absolute atomic E-state index is 0.162. The van der Waals surface area contributed by atoms with Gasteiger partial charge in [0.25, 0.3) is 6.17 Å². The number of benzene rings is 2. The maximum absolute atomic E-state index is 13.1. The Kier molecular flexibility index (Phi) is 5.97. The van der Waals surface area contributed by atoms with E-state index >= 15 is 0 Å². The molecule has 0 unspecified atom stereocenters. The topological polar surface area (TPSA) is 79.2 Å². The third-order valence-electron chi connectivity index (χ3n) is 4.91. The fourth-order valence-corrected chi connectivity index (χ4v) is 4.80. The van der Waals surface area contributed by atoms with E-state index in [0.29, 0.717) is 33.6 Å². The van der Waals surface area contributed by atoms with Crippen LogP contribution in [0.25, 0.3) is 11.3 Å². The molecule has 0 saturated carbocycles. The first-order chi connectivity index (χ1) is 15.0. The number of thioether (sulfide) groups is 1. The van der Waals surface area contributed by atoms with Crippen LogP contribution in [0.3, 0.4) is 0 Å². The molecule has 158 valence electrons. The summed E-state index contributed by atoms with van der Waals surface area (Å²) in [4.78, 5) is 30.5. The monoisotopic (exact) mass is 499 g/mol. The Bertz CT molecular complexity index is 1240. The van der Waals surface area contributed by atoms with Crippen LogP contribution in [-0.2, 0) is 4.79 Å². The SMILES string of the molecule is C=CCSc1n[n+]2c(c(=O)[nH]1)-c1ccccc1N(C(C)=O)[C@H]2c1ccc(OC)c(Br)c1. The Morgan fingerprint density at radius 2 is 2.16 bits per heavy atom. The molecule has 1 amide bonds. The highest BCUT2D eigenvalue weighted by molar-refractivity contribution is 9.10. The number of ether oxygens (including phenoxy) is 1. The van der Waals surface area contributed by atoms with Crippen LogP contribution in [0.15, 0.2) is 69.5 Å². The first-order valence-electron chi connectivity index (χ1n) is 9.48. The van der Waals surface area contributed by atoms with Gasteiger partial charge >= 0.3 is 11.3 Å². The highest BCUT2D eigenvalue weighted by Gasteiger charge is 2.44. The van der Waals surface area contributed by atoms with E-state index in [1.54, 1.807) is 22.8 Å². The highest BCUT2D eigenvalue weighted by Crippen LogP contribution is 2.38. The standard InChI is InChI=1S/C22H19BrN4O3S/c1-4-11-31-22-24-20(29)19-15-7-5-6-8-17(15)26(13(2)28)21(27(19)25-22)14-9-10-18(30-3)16(23)12-14/h4-10,12,21H,1,11H2,2-3H3/p+1/t21-/m1/s1. The summed E-state index contributed by atoms with van der Waals surface area (Å²) in [7, 11) is 1.59. The Hall–Kier alpha value is -2.91. The lowest BCUT2D eigenvalue weighted by atomic mass is 10.0. The minimum Gasteiger partial charge on any atom is -0.496 e. The number of aromatic amines is 1. The smallest absolute Gasteiger partial charge is 0.325 e. The predicted molar refractivity (Wildman–Crippen MR) is 123 cm³/mol. The van der Waals surface area contributed by atoms with E-state index in [4.69, 9.17) is 9.84 Å². The van der Waals surface area contributed by atoms with Crippen molar-refractivity contribution < 1.29 is 14.2 Å². The van der Waals surface area contributed by atoms with Crippen molar-refractivity contribution in [2.24, 2.45) is 0 Å². The molecule has 1 aliphatic rings. The van der Waals surface area contributed by atoms with E-state index < -0.39 is 6.17 Å². The molecule has 7 nitrogen and oxygen atoms in total. The molecule has 2 heterocycles. The molecule has 1 N–H and O–H groups in total. The Labute approximate surface area is 191 Å². The zero-order valence-corrected chi connectivity index (χ0v) is 19.4. The summed E-state index contributed by atoms with van der Waals surface area (Å²) in [6, 6.07) is 12.9. The summed E-state index contributed by atoms with van der Waals surface area (Å²) < 4.78 is 7.72. The molecular formula is C22H20BrN4O3S+. The molecule has 3 aromatic rings. The number of amides is 1. The van der Waals surface area contributed by atoms with Gasteiger partial charge in [0.1, 0.15) is 5.75 Å². The molecule has 31 heavy (non-hydrogen) atoms. The van der Waals surface area contributed by atoms with Crippen LogP contribution in [-0.4, -0.2) is 28.9 Å². The molecule has 1 aromatic heterocycles. The molecule has 1 aliphatic heterocycles. The molecular weight excluding hydrogens is 480 g/mol. The lowest BCUT2D eigenvalue weighted by molar-refractivity contribution is -0.763. The molecule has 0 aliphatic carbocycles. The summed E-state index contributed by atoms with van der Waals surface area (Å²) >= 11 is 4.89. The van der Waals surface area contributed by atoms with E-state index in [0.717, 1.165) is 10.0 Å². The number of carbonyl (C=O) groups is 1. The minimum atomic E-state index is -0.644. The van der Waals surface area contributed by atoms with Crippen LogP contribution in [0.4, 0.5) is 5.69 Å². The Morgan fingerprint density at radius 1 is 1.39 bits per heavy atom. The third kappa shape index (κ3) is 3.79. The van der Waals surface area contributed by atoms with Crippen molar-refractivity contribution in [2.45, 2.75) is 18.2 Å². The number of rotatable bonds is 5. The molecule has 0 saturated heterocycles. The molecule has 0 radical (unpaired) electrons. The van der Waals surface area contributed by atoms with Gasteiger partial charge in [-0.3, -0.25) is 14.6 Å². The van der Waals surface area contributed by atoms with Gasteiger partial charge in [0.15, 0.2) is 0 Å². The van der Waals surface area contributed by atoms with E-state index in [9.17, 15) is 9.59 Å². The Balaban J connectivity index is 2.02. The zero-order chi connectivity index (χ0) is 22.1. The van der Waals surface area contributed by atoms with E-state index in [2.05, 4.69) is 27.5 Å². The van der Waals surface area contributed by atoms with Crippen molar-refractivity contribution >= 4 is 39.3 Å². The zero-order valence-electron chi connectivity index (χ0n) is 17.0. The fourth-order valence-electron chi connectivity index (χ4n) is 3.66. The second-order valence-corrected chi connectivity index (χ2v) is 8.69. The van der Waals surface area contributed by atoms with Crippen LogP contribution < -0.4 is 19.9 Å². The van der Waals surface area contributed by atoms with Gasteiger partial charge in [-0.25, -0.2) is 4.90 Å². The second kappa shape index (κ2) is 8.68. The number of para-hydroxylation sites is 1. The number of nitrogens with one attached hydrogen (secondary N) is 1. The number of hydrogen-bond donors (Lipinski definition) is 1. The molecule has 4 rings (SSSR count). The Morgan fingerprint density at radius 3 is 2.84 bits per heavy atom. The summed E-state index contributed by atoms with van der Waals surface area (Å²) in [5.74, 6) is 1.10. The fraction of sp³-hybridized carbons (Fsp3) is 0.182. The van der Waals surface area contributed by atoms with Crippen LogP contribution in [0.2, 0.25) is 0 Å². The van der Waals surface area contributed by atoms with Crippen molar-refractivity contribution in [3.8, 4) is 17.0 Å². The molecule has 0 spiro atoms. The number of aromatic nitrogens is 3. The van der Waals surface area contributed by atoms with E-state index in [1.807, 2.05) is 42.5 Å². The molecule has 0 bridgehead atoms. The number of carbonyl (C=O) groups excluding carboxylic acids is 1. The lowest BCUT2D eigenvalue weighted by Gasteiger charge is -2.31. The van der Waals surface area contributed by atoms with E-state index in [1.165, 1.54) is 18.7 Å². The third-order valence-corrected chi connectivity index (χ3v) is 6.39. The average molecular weight is 500 g/mol. The summed E-state index contributed by atoms with van der Waals surface area (Å²) in [6.45, 7) is 5.23. The lowest BCUT2D eigenvalue weighted by Crippen LogP contribution is -2.60. The van der Waals surface area contributed by atoms with Crippen LogP contribution in [0.1, 0.15) is 18.7 Å². The number of nitrogens with zero attached hydrogens (tertiary/aromatic N) is 3. The normalized spacial score (nSPS) is 14.5. The first kappa shape index (κ1) is 21.3. The molecule has 9 heteroatoms. The summed E-state index contributed by atoms with van der Waals surface area (Å²) in [6.07, 6.45) is 1.10. The van der Waals surface area contributed by atoms with Crippen LogP contribution in [0, 0.1) is 0 Å². The average Bonchev–Trinajstić information content (AvgIpc) is 2.76. The number of fused-ring (bicyclic) bond motifs is 3. The highest BCUT2D eigenvalue weighted by atomic mass is 79.9. The number of anilines is 1. The van der Waals surface area contributed by atoms with Crippen molar-refractivity contribution in [1.29, 1.82) is 0 Å². The van der Waals surface area contributed by atoms with Crippen LogP contribution in [0.5, 0.6) is 5.75 Å². The van der Waals surface area contributed by atoms with Gasteiger partial charge in [-0.15, -0.1) is 6.58 Å². The van der Waals surface area contributed by atoms with Crippen molar-refractivity contribution in [2.75, 3.05) is 17.8 Å². The van der Waals surface area contributed by atoms with Crippen molar-refractivity contribution in [3.63, 3.8) is 0 Å². The second-order valence-electron chi connectivity index (χ2n) is 6.83. The van der Waals surface area contributed by atoms with Crippen molar-refractivity contribution in [1.82, 2.24) is 10.1 Å². The first-order valence-corrected chi connectivity index (χ1v) is 11.3. The van der Waals surface area contributed by atoms with Gasteiger partial charge in [0.05, 0.1) is 22.8 Å². The largest absolute Gasteiger partial charge is 0.496 e. The number of halogens is 1. The van der Waals surface area contributed by atoms with Gasteiger partial charge in [-0.1, -0.05) is 30.0 Å². The predicted octanol–water partition coefficient (Wildman–Crippen LogP) is 3.69. The summed E-state index contributed by atoms with van der Waals surface area (Å²) in [5.41, 5.74) is 2.21. The van der Waals surface area contributed by atoms with Gasteiger partial charge in [-0.2, -0.15) is 0 Å². The quantitative estimate of drug-likeness (QED) is 0.329. The number of methoxy groups -OCH3 is 1. The molecule has 0 fully saturated rings. The van der Waals surface area contributed by atoms with Gasteiger partial charge in [-0.05, 0) is 50.9 Å². The molecule has 1 atom stereocenters. The van der Waals surface area contributed by atoms with Gasteiger partial charge in [0.2, 0.25) is 11.1 Å². The van der Waals surface area contributed by atoms with Gasteiger partial charge < -0.3 is 4.74 Å². The van der Waals surface area contributed by atoms with Gasteiger partial charge in [0, 0.05) is 23.3 Å². The maximum Gasteiger partial charge on any atom is 0.325 e. The maximum atomic E-state index is 13.1. The number of H-pyrrole nitrogens is 1. The molecule has 2 aromatic carbocycles. The number of hydrogen-bond acceptors (Lipinski definition) is 5. The van der Waals surface area contributed by atoms with Crippen LogP contribution >= 0.6 is 27.7 Å². The van der Waals surface area contributed by atoms with E-state index in [-0.39, 0.29) is 11.5 Å². The summed E-state index contributed by atoms with van der Waals surface area (Å²) in [5, 5.41) is 5.16.